The summed E-state index contributed by atoms with van der Waals surface area (Å²) in [6, 6.07) is 21.0. The molecule has 0 spiro atoms. The van der Waals surface area contributed by atoms with Crippen molar-refractivity contribution >= 4 is 5.97 Å². The predicted molar refractivity (Wildman–Crippen MR) is 87.0 cm³/mol. The molecule has 4 heteroatoms. The van der Waals surface area contributed by atoms with Crippen LogP contribution < -0.4 is 4.74 Å². The molecule has 0 radical (unpaired) electrons. The first-order chi connectivity index (χ1) is 11.2. The molecule has 0 saturated carbocycles. The van der Waals surface area contributed by atoms with Crippen LogP contribution in [0.15, 0.2) is 72.8 Å². The van der Waals surface area contributed by atoms with Gasteiger partial charge in [-0.2, -0.15) is 0 Å². The molecule has 3 rings (SSSR count). The number of benzene rings is 3. The van der Waals surface area contributed by atoms with E-state index in [-0.39, 0.29) is 17.1 Å². The van der Waals surface area contributed by atoms with Crippen molar-refractivity contribution in [2.45, 2.75) is 0 Å². The van der Waals surface area contributed by atoms with Crippen molar-refractivity contribution in [2.75, 3.05) is 0 Å². The summed E-state index contributed by atoms with van der Waals surface area (Å²) in [6.45, 7) is 0. The first-order valence-electron chi connectivity index (χ1n) is 7.04. The molecule has 0 amide bonds. The van der Waals surface area contributed by atoms with Gasteiger partial charge in [0.05, 0.1) is 0 Å². The van der Waals surface area contributed by atoms with Crippen LogP contribution in [0.1, 0.15) is 10.4 Å². The summed E-state index contributed by atoms with van der Waals surface area (Å²) >= 11 is 0. The van der Waals surface area contributed by atoms with E-state index >= 15 is 0 Å². The number of aromatic hydroxyl groups is 1. The number of para-hydroxylation sites is 1. The standard InChI is InChI=1S/C19H14O4/c20-17-15(13-7-3-1-4-8-13)11-12-16(19(21)22)18(17)23-14-9-5-2-6-10-14/h1-12,20H,(H,21,22). The van der Waals surface area contributed by atoms with Crippen molar-refractivity contribution in [2.24, 2.45) is 0 Å². The average Bonchev–Trinajstić information content (AvgIpc) is 2.58. The molecule has 23 heavy (non-hydrogen) atoms. The Hall–Kier alpha value is -3.27. The fourth-order valence-corrected chi connectivity index (χ4v) is 2.30. The Morgan fingerprint density at radius 3 is 2.04 bits per heavy atom. The third kappa shape index (κ3) is 3.01. The van der Waals surface area contributed by atoms with Gasteiger partial charge in [-0.25, -0.2) is 4.79 Å². The van der Waals surface area contributed by atoms with Crippen molar-refractivity contribution in [3.8, 4) is 28.4 Å². The Labute approximate surface area is 133 Å². The van der Waals surface area contributed by atoms with Gasteiger partial charge in [0, 0.05) is 5.56 Å². The number of carboxylic acid groups (broad SMARTS) is 1. The van der Waals surface area contributed by atoms with Gasteiger partial charge in [0.1, 0.15) is 11.3 Å². The molecule has 0 saturated heterocycles. The second-order valence-corrected chi connectivity index (χ2v) is 4.92. The minimum Gasteiger partial charge on any atom is -0.504 e. The molecular weight excluding hydrogens is 292 g/mol. The highest BCUT2D eigenvalue weighted by atomic mass is 16.5. The Bertz CT molecular complexity index is 827. The zero-order chi connectivity index (χ0) is 16.2. The Kier molecular flexibility index (Phi) is 3.97. The van der Waals surface area contributed by atoms with Crippen molar-refractivity contribution < 1.29 is 19.7 Å². The molecule has 0 bridgehead atoms. The Balaban J connectivity index is 2.13. The zero-order valence-corrected chi connectivity index (χ0v) is 12.1. The van der Waals surface area contributed by atoms with E-state index in [1.165, 1.54) is 6.07 Å². The lowest BCUT2D eigenvalue weighted by molar-refractivity contribution is 0.0693. The molecule has 3 aromatic rings. The third-order valence-electron chi connectivity index (χ3n) is 3.41. The Morgan fingerprint density at radius 2 is 1.43 bits per heavy atom. The summed E-state index contributed by atoms with van der Waals surface area (Å²) < 4.78 is 5.63. The molecule has 3 aromatic carbocycles. The van der Waals surface area contributed by atoms with Gasteiger partial charge in [-0.3, -0.25) is 0 Å². The lowest BCUT2D eigenvalue weighted by Gasteiger charge is -2.14. The highest BCUT2D eigenvalue weighted by Gasteiger charge is 2.20. The molecule has 0 unspecified atom stereocenters. The number of phenols is 1. The van der Waals surface area contributed by atoms with Gasteiger partial charge in [-0.1, -0.05) is 48.5 Å². The lowest BCUT2D eigenvalue weighted by Crippen LogP contribution is -2.01. The van der Waals surface area contributed by atoms with Crippen LogP contribution >= 0.6 is 0 Å². The number of phenolic OH excluding ortho intramolecular Hbond substituents is 1. The maximum Gasteiger partial charge on any atom is 0.339 e. The van der Waals surface area contributed by atoms with Gasteiger partial charge in [-0.05, 0) is 29.8 Å². The summed E-state index contributed by atoms with van der Waals surface area (Å²) in [4.78, 5) is 11.4. The third-order valence-corrected chi connectivity index (χ3v) is 3.41. The molecular formula is C19H14O4. The van der Waals surface area contributed by atoms with Crippen LogP contribution in [0.4, 0.5) is 0 Å². The number of hydrogen-bond acceptors (Lipinski definition) is 3. The van der Waals surface area contributed by atoms with Crippen molar-refractivity contribution in [1.82, 2.24) is 0 Å². The highest BCUT2D eigenvalue weighted by Crippen LogP contribution is 2.41. The second-order valence-electron chi connectivity index (χ2n) is 4.92. The topological polar surface area (TPSA) is 66.8 Å². The van der Waals surface area contributed by atoms with Gasteiger partial charge in [-0.15, -0.1) is 0 Å². The number of aromatic carboxylic acids is 1. The predicted octanol–water partition coefficient (Wildman–Crippen LogP) is 4.55. The summed E-state index contributed by atoms with van der Waals surface area (Å²) in [6.07, 6.45) is 0. The molecule has 114 valence electrons. The van der Waals surface area contributed by atoms with E-state index in [2.05, 4.69) is 0 Å². The maximum atomic E-state index is 11.4. The van der Waals surface area contributed by atoms with E-state index < -0.39 is 5.97 Å². The van der Waals surface area contributed by atoms with E-state index in [0.29, 0.717) is 11.3 Å². The molecule has 2 N–H and O–H groups in total. The van der Waals surface area contributed by atoms with E-state index in [1.807, 2.05) is 36.4 Å². The smallest absolute Gasteiger partial charge is 0.339 e. The summed E-state index contributed by atoms with van der Waals surface area (Å²) in [5.41, 5.74) is 1.20. The second kappa shape index (κ2) is 6.23. The van der Waals surface area contributed by atoms with Crippen LogP contribution in [0.25, 0.3) is 11.1 Å². The minimum atomic E-state index is -1.16. The zero-order valence-electron chi connectivity index (χ0n) is 12.1. The summed E-state index contributed by atoms with van der Waals surface area (Å²) in [5.74, 6) is -0.966. The molecule has 4 nitrogen and oxygen atoms in total. The van der Waals surface area contributed by atoms with Gasteiger partial charge in [0.2, 0.25) is 0 Å². The first-order valence-corrected chi connectivity index (χ1v) is 7.04. The summed E-state index contributed by atoms with van der Waals surface area (Å²) in [7, 11) is 0. The fraction of sp³-hybridized carbons (Fsp3) is 0. The molecule has 0 aliphatic rings. The monoisotopic (exact) mass is 306 g/mol. The fourth-order valence-electron chi connectivity index (χ4n) is 2.30. The van der Waals surface area contributed by atoms with Crippen LogP contribution in [-0.2, 0) is 0 Å². The number of hydrogen-bond donors (Lipinski definition) is 2. The minimum absolute atomic E-state index is 0.0648. The normalized spacial score (nSPS) is 10.3. The van der Waals surface area contributed by atoms with Gasteiger partial charge in [0.25, 0.3) is 0 Å². The van der Waals surface area contributed by atoms with Gasteiger partial charge < -0.3 is 14.9 Å². The van der Waals surface area contributed by atoms with Gasteiger partial charge >= 0.3 is 5.97 Å². The van der Waals surface area contributed by atoms with Crippen molar-refractivity contribution in [3.63, 3.8) is 0 Å². The van der Waals surface area contributed by atoms with Crippen LogP contribution in [0.5, 0.6) is 17.2 Å². The molecule has 0 aromatic heterocycles. The van der Waals surface area contributed by atoms with E-state index in [0.717, 1.165) is 5.56 Å². The van der Waals surface area contributed by atoms with E-state index in [1.54, 1.807) is 30.3 Å². The van der Waals surface area contributed by atoms with Crippen LogP contribution in [-0.4, -0.2) is 16.2 Å². The van der Waals surface area contributed by atoms with Crippen LogP contribution in [0, 0.1) is 0 Å². The maximum absolute atomic E-state index is 11.4. The molecule has 0 aliphatic carbocycles. The quantitative estimate of drug-likeness (QED) is 0.742. The SMILES string of the molecule is O=C(O)c1ccc(-c2ccccc2)c(O)c1Oc1ccccc1. The first kappa shape index (κ1) is 14.7. The molecule has 0 atom stereocenters. The Morgan fingerprint density at radius 1 is 0.826 bits per heavy atom. The number of ether oxygens (including phenoxy) is 1. The molecule has 0 fully saturated rings. The van der Waals surface area contributed by atoms with Crippen LogP contribution in [0.3, 0.4) is 0 Å². The molecule has 0 heterocycles. The van der Waals surface area contributed by atoms with Gasteiger partial charge in [0.15, 0.2) is 11.5 Å². The summed E-state index contributed by atoms with van der Waals surface area (Å²) in [5, 5.41) is 19.9. The largest absolute Gasteiger partial charge is 0.504 e. The van der Waals surface area contributed by atoms with E-state index in [9.17, 15) is 15.0 Å². The number of carboxylic acids is 1. The van der Waals surface area contributed by atoms with E-state index in [4.69, 9.17) is 4.74 Å². The highest BCUT2D eigenvalue weighted by molar-refractivity contribution is 5.94. The lowest BCUT2D eigenvalue weighted by atomic mass is 10.0. The number of rotatable bonds is 4. The molecule has 0 aliphatic heterocycles. The van der Waals surface area contributed by atoms with Crippen molar-refractivity contribution in [3.05, 3.63) is 78.4 Å². The average molecular weight is 306 g/mol. The number of carbonyl (C=O) groups is 1. The van der Waals surface area contributed by atoms with Crippen LogP contribution in [0.2, 0.25) is 0 Å². The van der Waals surface area contributed by atoms with Crippen molar-refractivity contribution in [1.29, 1.82) is 0 Å².